The third kappa shape index (κ3) is 5.70. The highest BCUT2D eigenvalue weighted by atomic mass is 32.1. The fourth-order valence-corrected chi connectivity index (χ4v) is 5.18. The zero-order valence-electron chi connectivity index (χ0n) is 21.8. The summed E-state index contributed by atoms with van der Waals surface area (Å²) < 4.78 is 38.1. The van der Waals surface area contributed by atoms with Crippen LogP contribution in [0.2, 0.25) is 0 Å². The molecule has 208 valence electrons. The van der Waals surface area contributed by atoms with Gasteiger partial charge in [-0.25, -0.2) is 18.8 Å². The number of anilines is 3. The van der Waals surface area contributed by atoms with E-state index in [0.29, 0.717) is 42.7 Å². The van der Waals surface area contributed by atoms with E-state index in [2.05, 4.69) is 25.8 Å². The zero-order valence-corrected chi connectivity index (χ0v) is 22.6. The van der Waals surface area contributed by atoms with Crippen LogP contribution in [0, 0.1) is 0 Å². The van der Waals surface area contributed by atoms with Crippen LogP contribution in [0.25, 0.3) is 11.6 Å². The molecule has 1 atom stereocenters. The number of ether oxygens (including phenoxy) is 1. The van der Waals surface area contributed by atoms with Crippen LogP contribution >= 0.6 is 11.3 Å². The number of morpholine rings is 1. The zero-order chi connectivity index (χ0) is 28.1. The third-order valence-electron chi connectivity index (χ3n) is 5.99. The molecule has 2 aliphatic heterocycles. The molecule has 2 aromatic heterocycles. The molecule has 4 aromatic rings. The standard InChI is InChI=1S/C25H21F2N7O3S.C2H6/c26-19(27)23-30-18(24(38-23)34-10-12-36-13-11-34)22-32-33-25(37-22)31-20-21(35)28-16-9-5-4-8-15(16)17(29-20)14-6-2-1-3-7-14;1-2/h1-9,19-20H,10-13H2,(H,28,35)(H,31,33);1-2H3. The van der Waals surface area contributed by atoms with Gasteiger partial charge in [0.05, 0.1) is 24.6 Å². The van der Waals surface area contributed by atoms with E-state index >= 15 is 0 Å². The fourth-order valence-electron chi connectivity index (χ4n) is 4.22. The number of hydrogen-bond acceptors (Lipinski definition) is 10. The van der Waals surface area contributed by atoms with Crippen molar-refractivity contribution in [1.82, 2.24) is 15.2 Å². The minimum Gasteiger partial charge on any atom is -0.402 e. The normalized spacial score (nSPS) is 16.8. The molecular formula is C27H27F2N7O3S. The van der Waals surface area contributed by atoms with Gasteiger partial charge in [-0.3, -0.25) is 4.79 Å². The summed E-state index contributed by atoms with van der Waals surface area (Å²) in [5.41, 5.74) is 2.98. The maximum atomic E-state index is 13.5. The Morgan fingerprint density at radius 2 is 1.77 bits per heavy atom. The molecule has 1 saturated heterocycles. The average Bonchev–Trinajstić information content (AvgIpc) is 3.62. The Hall–Kier alpha value is -4.23. The molecule has 0 bridgehead atoms. The first-order chi connectivity index (χ1) is 19.6. The molecule has 1 fully saturated rings. The summed E-state index contributed by atoms with van der Waals surface area (Å²) >= 11 is 0.883. The summed E-state index contributed by atoms with van der Waals surface area (Å²) in [5.74, 6) is -0.465. The van der Waals surface area contributed by atoms with Crippen molar-refractivity contribution in [2.45, 2.75) is 26.4 Å². The summed E-state index contributed by atoms with van der Waals surface area (Å²) in [4.78, 5) is 23.8. The lowest BCUT2D eigenvalue weighted by molar-refractivity contribution is -0.116. The van der Waals surface area contributed by atoms with Gasteiger partial charge < -0.3 is 24.7 Å². The highest BCUT2D eigenvalue weighted by molar-refractivity contribution is 7.16. The van der Waals surface area contributed by atoms with E-state index in [4.69, 9.17) is 14.1 Å². The lowest BCUT2D eigenvalue weighted by Crippen LogP contribution is -2.36. The van der Waals surface area contributed by atoms with Crippen LogP contribution < -0.4 is 15.5 Å². The van der Waals surface area contributed by atoms with Gasteiger partial charge in [0, 0.05) is 24.2 Å². The largest absolute Gasteiger partial charge is 0.402 e. The summed E-state index contributed by atoms with van der Waals surface area (Å²) in [6.45, 7) is 5.99. The molecule has 2 N–H and O–H groups in total. The highest BCUT2D eigenvalue weighted by Crippen LogP contribution is 2.39. The van der Waals surface area contributed by atoms with Crippen molar-refractivity contribution in [2.75, 3.05) is 41.8 Å². The maximum Gasteiger partial charge on any atom is 0.317 e. The number of fused-ring (bicyclic) bond motifs is 1. The second-order valence-corrected chi connectivity index (χ2v) is 9.45. The number of amides is 1. The summed E-state index contributed by atoms with van der Waals surface area (Å²) in [7, 11) is 0. The van der Waals surface area contributed by atoms with Crippen molar-refractivity contribution >= 4 is 39.7 Å². The summed E-state index contributed by atoms with van der Waals surface area (Å²) in [5, 5.41) is 13.9. The van der Waals surface area contributed by atoms with Crippen molar-refractivity contribution in [3.63, 3.8) is 0 Å². The van der Waals surface area contributed by atoms with Crippen molar-refractivity contribution in [3.8, 4) is 11.6 Å². The quantitative estimate of drug-likeness (QED) is 0.326. The van der Waals surface area contributed by atoms with E-state index in [1.807, 2.05) is 67.3 Å². The molecular weight excluding hydrogens is 540 g/mol. The lowest BCUT2D eigenvalue weighted by atomic mass is 10.0. The van der Waals surface area contributed by atoms with E-state index in [1.165, 1.54) is 0 Å². The minimum atomic E-state index is -2.74. The van der Waals surface area contributed by atoms with Gasteiger partial charge in [-0.1, -0.05) is 78.8 Å². The van der Waals surface area contributed by atoms with Crippen LogP contribution in [-0.4, -0.2) is 59.3 Å². The third-order valence-corrected chi connectivity index (χ3v) is 7.12. The van der Waals surface area contributed by atoms with E-state index in [1.54, 1.807) is 6.07 Å². The van der Waals surface area contributed by atoms with Gasteiger partial charge in [0.15, 0.2) is 10.7 Å². The Labute approximate surface area is 233 Å². The number of halogens is 2. The van der Waals surface area contributed by atoms with Gasteiger partial charge in [-0.15, -0.1) is 5.10 Å². The molecule has 4 heterocycles. The van der Waals surface area contributed by atoms with Crippen molar-refractivity contribution in [3.05, 3.63) is 70.7 Å². The fraction of sp³-hybridized carbons (Fsp3) is 0.296. The van der Waals surface area contributed by atoms with E-state index in [0.717, 1.165) is 22.5 Å². The summed E-state index contributed by atoms with van der Waals surface area (Å²) in [6.07, 6.45) is -3.84. The Kier molecular flexibility index (Phi) is 8.41. The van der Waals surface area contributed by atoms with Crippen LogP contribution in [0.1, 0.15) is 36.4 Å². The van der Waals surface area contributed by atoms with E-state index in [9.17, 15) is 13.6 Å². The van der Waals surface area contributed by atoms with Gasteiger partial charge in [0.25, 0.3) is 18.2 Å². The number of aliphatic imine (C=N–C) groups is 1. The number of aromatic nitrogens is 3. The molecule has 0 saturated carbocycles. The van der Waals surface area contributed by atoms with Crippen LogP contribution in [0.3, 0.4) is 0 Å². The predicted molar refractivity (Wildman–Crippen MR) is 149 cm³/mol. The van der Waals surface area contributed by atoms with Gasteiger partial charge in [0.1, 0.15) is 5.00 Å². The molecule has 10 nitrogen and oxygen atoms in total. The first-order valence-corrected chi connectivity index (χ1v) is 13.6. The lowest BCUT2D eigenvalue weighted by Gasteiger charge is -2.27. The number of rotatable bonds is 6. The van der Waals surface area contributed by atoms with E-state index < -0.39 is 18.5 Å². The molecule has 6 rings (SSSR count). The summed E-state index contributed by atoms with van der Waals surface area (Å²) in [6, 6.07) is 16.8. The minimum absolute atomic E-state index is 0.0401. The average molecular weight is 568 g/mol. The number of thiazole rings is 1. The van der Waals surface area contributed by atoms with Gasteiger partial charge in [-0.05, 0) is 6.07 Å². The predicted octanol–water partition coefficient (Wildman–Crippen LogP) is 5.22. The second-order valence-electron chi connectivity index (χ2n) is 8.44. The van der Waals surface area contributed by atoms with Crippen molar-refractivity contribution in [1.29, 1.82) is 0 Å². The number of carbonyl (C=O) groups is 1. The molecule has 1 amide bonds. The maximum absolute atomic E-state index is 13.5. The molecule has 1 unspecified atom stereocenters. The number of alkyl halides is 2. The molecule has 0 radical (unpaired) electrons. The monoisotopic (exact) mass is 567 g/mol. The number of nitrogens with one attached hydrogen (secondary N) is 2. The smallest absolute Gasteiger partial charge is 0.317 e. The van der Waals surface area contributed by atoms with Gasteiger partial charge >= 0.3 is 6.01 Å². The number of nitrogens with zero attached hydrogens (tertiary/aromatic N) is 5. The van der Waals surface area contributed by atoms with Crippen LogP contribution in [-0.2, 0) is 9.53 Å². The van der Waals surface area contributed by atoms with Crippen LogP contribution in [0.4, 0.5) is 25.5 Å². The van der Waals surface area contributed by atoms with Crippen molar-refractivity contribution in [2.24, 2.45) is 4.99 Å². The number of para-hydroxylation sites is 1. The Morgan fingerprint density at radius 3 is 2.52 bits per heavy atom. The highest BCUT2D eigenvalue weighted by Gasteiger charge is 2.30. The van der Waals surface area contributed by atoms with Gasteiger partial charge in [0.2, 0.25) is 6.17 Å². The molecule has 40 heavy (non-hydrogen) atoms. The van der Waals surface area contributed by atoms with Crippen LogP contribution in [0.5, 0.6) is 0 Å². The first kappa shape index (κ1) is 27.3. The Bertz CT molecular complexity index is 1490. The first-order valence-electron chi connectivity index (χ1n) is 12.8. The molecule has 0 spiro atoms. The second kappa shape index (κ2) is 12.3. The molecule has 13 heteroatoms. The SMILES string of the molecule is CC.O=C1Nc2ccccc2C(c2ccccc2)=NC1Nc1nnc(-c2nc(C(F)F)sc2N2CCOCC2)o1. The van der Waals surface area contributed by atoms with Crippen molar-refractivity contribution < 1.29 is 22.7 Å². The van der Waals surface area contributed by atoms with Gasteiger partial charge in [-0.2, -0.15) is 0 Å². The van der Waals surface area contributed by atoms with Crippen LogP contribution in [0.15, 0.2) is 64.0 Å². The number of benzodiazepines with no additional fused rings is 1. The topological polar surface area (TPSA) is 118 Å². The number of benzene rings is 2. The van der Waals surface area contributed by atoms with E-state index in [-0.39, 0.29) is 22.6 Å². The Morgan fingerprint density at radius 1 is 1.05 bits per heavy atom. The number of hydrogen-bond donors (Lipinski definition) is 2. The number of carbonyl (C=O) groups excluding carboxylic acids is 1. The molecule has 2 aromatic carbocycles. The molecule has 2 aliphatic rings. The molecule has 0 aliphatic carbocycles. The Balaban J connectivity index is 0.00000158.